The van der Waals surface area contributed by atoms with Crippen LogP contribution in [0, 0.1) is 6.92 Å². The molecule has 0 bridgehead atoms. The third kappa shape index (κ3) is 2.46. The van der Waals surface area contributed by atoms with E-state index in [1.165, 1.54) is 6.07 Å². The van der Waals surface area contributed by atoms with Crippen molar-refractivity contribution in [2.45, 2.75) is 6.92 Å². The first-order chi connectivity index (χ1) is 9.61. The fraction of sp³-hybridized carbons (Fsp3) is 0.0714. The maximum Gasteiger partial charge on any atom is 0.335 e. The Morgan fingerprint density at radius 3 is 2.95 bits per heavy atom. The monoisotopic (exact) mass is 285 g/mol. The molecule has 3 rings (SSSR count). The van der Waals surface area contributed by atoms with E-state index in [0.29, 0.717) is 11.5 Å². The van der Waals surface area contributed by atoms with Crippen molar-refractivity contribution in [3.63, 3.8) is 0 Å². The number of carbonyl (C=O) groups is 1. The maximum atomic E-state index is 11.0. The highest BCUT2D eigenvalue weighted by Crippen LogP contribution is 2.24. The number of hydrogen-bond donors (Lipinski definition) is 2. The van der Waals surface area contributed by atoms with E-state index in [-0.39, 0.29) is 5.56 Å². The van der Waals surface area contributed by atoms with Crippen LogP contribution >= 0.6 is 11.3 Å². The van der Waals surface area contributed by atoms with Crippen LogP contribution in [0.3, 0.4) is 0 Å². The molecule has 2 aromatic heterocycles. The number of carboxylic acids is 1. The summed E-state index contributed by atoms with van der Waals surface area (Å²) >= 11 is 1.56. The van der Waals surface area contributed by atoms with E-state index < -0.39 is 5.97 Å². The number of benzene rings is 1. The van der Waals surface area contributed by atoms with Crippen LogP contribution in [-0.4, -0.2) is 21.0 Å². The Bertz CT molecular complexity index is 798. The van der Waals surface area contributed by atoms with E-state index in [4.69, 9.17) is 5.11 Å². The van der Waals surface area contributed by atoms with Crippen molar-refractivity contribution in [3.8, 4) is 0 Å². The van der Waals surface area contributed by atoms with Crippen LogP contribution < -0.4 is 5.32 Å². The summed E-state index contributed by atoms with van der Waals surface area (Å²) in [5, 5.41) is 12.2. The van der Waals surface area contributed by atoms with Gasteiger partial charge in [-0.2, -0.15) is 0 Å². The standard InChI is InChI=1S/C14H11N3O2S/c1-8-4-9(14(18)19)5-13(16-8)17-10-2-3-11-12(6-10)20-7-15-11/h2-7H,1H3,(H,16,17)(H,18,19). The summed E-state index contributed by atoms with van der Waals surface area (Å²) in [6, 6.07) is 8.85. The van der Waals surface area contributed by atoms with Gasteiger partial charge in [0.1, 0.15) is 5.82 Å². The third-order valence-corrected chi connectivity index (χ3v) is 3.60. The molecule has 3 aromatic rings. The summed E-state index contributed by atoms with van der Waals surface area (Å²) in [4.78, 5) is 19.5. The molecule has 0 aliphatic carbocycles. The van der Waals surface area contributed by atoms with Crippen molar-refractivity contribution in [3.05, 3.63) is 47.1 Å². The van der Waals surface area contributed by atoms with Gasteiger partial charge in [0.05, 0.1) is 21.3 Å². The molecular weight excluding hydrogens is 274 g/mol. The second kappa shape index (κ2) is 4.90. The summed E-state index contributed by atoms with van der Waals surface area (Å²) in [6.07, 6.45) is 0. The SMILES string of the molecule is Cc1cc(C(=O)O)cc(Nc2ccc3ncsc3c2)n1. The molecule has 0 unspecified atom stereocenters. The molecule has 20 heavy (non-hydrogen) atoms. The van der Waals surface area contributed by atoms with E-state index in [0.717, 1.165) is 15.9 Å². The molecule has 0 fully saturated rings. The smallest absolute Gasteiger partial charge is 0.335 e. The predicted molar refractivity (Wildman–Crippen MR) is 78.8 cm³/mol. The number of nitrogens with zero attached hydrogens (tertiary/aromatic N) is 2. The molecule has 1 aromatic carbocycles. The molecule has 0 aliphatic heterocycles. The number of aromatic carboxylic acids is 1. The second-order valence-corrected chi connectivity index (χ2v) is 5.23. The zero-order valence-corrected chi connectivity index (χ0v) is 11.4. The van der Waals surface area contributed by atoms with Crippen molar-refractivity contribution in [2.75, 3.05) is 5.32 Å². The lowest BCUT2D eigenvalue weighted by molar-refractivity contribution is 0.0696. The molecule has 0 aliphatic rings. The first-order valence-corrected chi connectivity index (χ1v) is 6.82. The lowest BCUT2D eigenvalue weighted by atomic mass is 10.2. The van der Waals surface area contributed by atoms with Crippen LogP contribution in [0.15, 0.2) is 35.8 Å². The van der Waals surface area contributed by atoms with E-state index in [2.05, 4.69) is 15.3 Å². The number of aryl methyl sites for hydroxylation is 1. The minimum atomic E-state index is -0.962. The van der Waals surface area contributed by atoms with Gasteiger partial charge in [-0.25, -0.2) is 14.8 Å². The maximum absolute atomic E-state index is 11.0. The summed E-state index contributed by atoms with van der Waals surface area (Å²) in [7, 11) is 0. The fourth-order valence-corrected chi connectivity index (χ4v) is 2.65. The van der Waals surface area contributed by atoms with Crippen molar-refractivity contribution in [1.29, 1.82) is 0 Å². The van der Waals surface area contributed by atoms with E-state index in [1.807, 2.05) is 18.2 Å². The number of carboxylic acid groups (broad SMARTS) is 1. The average Bonchev–Trinajstić information content (AvgIpc) is 2.85. The molecule has 0 amide bonds. The van der Waals surface area contributed by atoms with Gasteiger partial charge in [-0.1, -0.05) is 0 Å². The van der Waals surface area contributed by atoms with Gasteiger partial charge in [-0.15, -0.1) is 11.3 Å². The fourth-order valence-electron chi connectivity index (χ4n) is 1.94. The van der Waals surface area contributed by atoms with Gasteiger partial charge < -0.3 is 10.4 Å². The Hall–Kier alpha value is -2.47. The zero-order chi connectivity index (χ0) is 14.1. The summed E-state index contributed by atoms with van der Waals surface area (Å²) < 4.78 is 1.07. The molecule has 2 heterocycles. The molecule has 0 saturated heterocycles. The molecule has 100 valence electrons. The van der Waals surface area contributed by atoms with Gasteiger partial charge >= 0.3 is 5.97 Å². The zero-order valence-electron chi connectivity index (χ0n) is 10.6. The van der Waals surface area contributed by atoms with Gasteiger partial charge in [0.2, 0.25) is 0 Å². The molecule has 6 heteroatoms. The van der Waals surface area contributed by atoms with Crippen LogP contribution in [-0.2, 0) is 0 Å². The molecule has 0 saturated carbocycles. The number of pyridine rings is 1. The van der Waals surface area contributed by atoms with Crippen molar-refractivity contribution in [1.82, 2.24) is 9.97 Å². The lowest BCUT2D eigenvalue weighted by Crippen LogP contribution is -2.01. The van der Waals surface area contributed by atoms with Crippen LogP contribution in [0.4, 0.5) is 11.5 Å². The quantitative estimate of drug-likeness (QED) is 0.771. The van der Waals surface area contributed by atoms with Gasteiger partial charge in [0.15, 0.2) is 0 Å². The van der Waals surface area contributed by atoms with Gasteiger partial charge in [0, 0.05) is 11.4 Å². The second-order valence-electron chi connectivity index (χ2n) is 4.35. The Kier molecular flexibility index (Phi) is 3.08. The molecule has 0 atom stereocenters. The first-order valence-electron chi connectivity index (χ1n) is 5.94. The number of rotatable bonds is 3. The summed E-state index contributed by atoms with van der Waals surface area (Å²) in [6.45, 7) is 1.77. The van der Waals surface area contributed by atoms with Gasteiger partial charge in [-0.05, 0) is 37.3 Å². The minimum Gasteiger partial charge on any atom is -0.478 e. The van der Waals surface area contributed by atoms with Gasteiger partial charge in [-0.3, -0.25) is 0 Å². The van der Waals surface area contributed by atoms with Crippen LogP contribution in [0.25, 0.3) is 10.2 Å². The number of aromatic nitrogens is 2. The molecular formula is C14H11N3O2S. The Morgan fingerprint density at radius 2 is 2.15 bits per heavy atom. The van der Waals surface area contributed by atoms with Crippen LogP contribution in [0.1, 0.15) is 16.1 Å². The number of anilines is 2. The predicted octanol–water partition coefficient (Wildman–Crippen LogP) is 3.44. The normalized spacial score (nSPS) is 10.7. The Morgan fingerprint density at radius 1 is 1.30 bits per heavy atom. The lowest BCUT2D eigenvalue weighted by Gasteiger charge is -2.07. The highest BCUT2D eigenvalue weighted by Gasteiger charge is 2.07. The topological polar surface area (TPSA) is 75.1 Å². The average molecular weight is 285 g/mol. The van der Waals surface area contributed by atoms with Crippen LogP contribution in [0.5, 0.6) is 0 Å². The van der Waals surface area contributed by atoms with Crippen molar-refractivity contribution < 1.29 is 9.90 Å². The van der Waals surface area contributed by atoms with Crippen molar-refractivity contribution in [2.24, 2.45) is 0 Å². The van der Waals surface area contributed by atoms with E-state index >= 15 is 0 Å². The number of nitrogens with one attached hydrogen (secondary N) is 1. The highest BCUT2D eigenvalue weighted by atomic mass is 32.1. The third-order valence-electron chi connectivity index (χ3n) is 2.80. The summed E-state index contributed by atoms with van der Waals surface area (Å²) in [5.74, 6) is -0.442. The van der Waals surface area contributed by atoms with E-state index in [1.54, 1.807) is 29.8 Å². The number of hydrogen-bond acceptors (Lipinski definition) is 5. The van der Waals surface area contributed by atoms with Gasteiger partial charge in [0.25, 0.3) is 0 Å². The number of fused-ring (bicyclic) bond motifs is 1. The molecule has 0 radical (unpaired) electrons. The largest absolute Gasteiger partial charge is 0.478 e. The summed E-state index contributed by atoms with van der Waals surface area (Å²) in [5.41, 5.74) is 4.48. The van der Waals surface area contributed by atoms with E-state index in [9.17, 15) is 4.79 Å². The first kappa shape index (κ1) is 12.6. The van der Waals surface area contributed by atoms with Crippen LogP contribution in [0.2, 0.25) is 0 Å². The highest BCUT2D eigenvalue weighted by molar-refractivity contribution is 7.16. The van der Waals surface area contributed by atoms with Crippen molar-refractivity contribution >= 4 is 39.0 Å². The minimum absolute atomic E-state index is 0.221. The number of thiazole rings is 1. The molecule has 5 nitrogen and oxygen atoms in total. The Labute approximate surface area is 118 Å². The Balaban J connectivity index is 1.95. The molecule has 2 N–H and O–H groups in total. The molecule has 0 spiro atoms.